The van der Waals surface area contributed by atoms with Crippen molar-refractivity contribution in [3.05, 3.63) is 71.8 Å². The summed E-state index contributed by atoms with van der Waals surface area (Å²) in [5.41, 5.74) is 1.43. The van der Waals surface area contributed by atoms with Gasteiger partial charge in [-0.15, -0.1) is 0 Å². The van der Waals surface area contributed by atoms with Crippen LogP contribution in [0.1, 0.15) is 35.7 Å². The summed E-state index contributed by atoms with van der Waals surface area (Å²) in [6, 6.07) is 17.3. The van der Waals surface area contributed by atoms with Crippen LogP contribution in [-0.2, 0) is 16.2 Å². The van der Waals surface area contributed by atoms with E-state index in [9.17, 15) is 14.4 Å². The Bertz CT molecular complexity index is 919. The summed E-state index contributed by atoms with van der Waals surface area (Å²) in [6.45, 7) is 2.75. The number of rotatable bonds is 6. The number of amides is 4. The smallest absolute Gasteiger partial charge is 0.309 e. The van der Waals surface area contributed by atoms with E-state index < -0.39 is 6.04 Å². The van der Waals surface area contributed by atoms with Crippen molar-refractivity contribution in [1.82, 2.24) is 14.9 Å². The van der Waals surface area contributed by atoms with Crippen molar-refractivity contribution in [3.8, 4) is 0 Å². The van der Waals surface area contributed by atoms with E-state index in [0.717, 1.165) is 5.56 Å². The predicted molar refractivity (Wildman–Crippen MR) is 110 cm³/mol. The Morgan fingerprint density at radius 1 is 1.03 bits per heavy atom. The molecule has 4 amide bonds. The fourth-order valence-electron chi connectivity index (χ4n) is 4.09. The average molecular weight is 407 g/mol. The molecule has 2 heterocycles. The molecular weight excluding hydrogens is 382 g/mol. The lowest BCUT2D eigenvalue weighted by Gasteiger charge is -2.32. The number of nitrogens with zero attached hydrogens (tertiary/aromatic N) is 3. The number of benzene rings is 2. The lowest BCUT2D eigenvalue weighted by Crippen LogP contribution is -2.52. The minimum atomic E-state index is -0.647. The number of hydrogen-bond acceptors (Lipinski definition) is 4. The molecule has 0 unspecified atom stereocenters. The number of piperidine rings is 1. The summed E-state index contributed by atoms with van der Waals surface area (Å²) >= 11 is 0. The number of likely N-dealkylation sites (N-methyl/N-ethyl adjacent to an activating group) is 1. The molecule has 4 rings (SSSR count). The van der Waals surface area contributed by atoms with E-state index in [1.165, 1.54) is 9.96 Å². The number of urea groups is 1. The van der Waals surface area contributed by atoms with Crippen molar-refractivity contribution < 1.29 is 19.2 Å². The van der Waals surface area contributed by atoms with Crippen LogP contribution in [0.25, 0.3) is 0 Å². The van der Waals surface area contributed by atoms with Crippen LogP contribution in [0.15, 0.2) is 60.7 Å². The summed E-state index contributed by atoms with van der Waals surface area (Å²) in [4.78, 5) is 47.6. The normalized spacial score (nSPS) is 20.4. The van der Waals surface area contributed by atoms with E-state index >= 15 is 0 Å². The van der Waals surface area contributed by atoms with Gasteiger partial charge in [0.15, 0.2) is 0 Å². The zero-order valence-electron chi connectivity index (χ0n) is 16.9. The molecule has 7 nitrogen and oxygen atoms in total. The minimum absolute atomic E-state index is 0.0786. The molecule has 156 valence electrons. The van der Waals surface area contributed by atoms with Gasteiger partial charge in [0.2, 0.25) is 0 Å². The van der Waals surface area contributed by atoms with E-state index in [1.807, 2.05) is 36.4 Å². The molecule has 0 aromatic heterocycles. The Labute approximate surface area is 175 Å². The van der Waals surface area contributed by atoms with Gasteiger partial charge in [-0.1, -0.05) is 48.5 Å². The molecule has 2 atom stereocenters. The lowest BCUT2D eigenvalue weighted by molar-refractivity contribution is -0.140. The van der Waals surface area contributed by atoms with Crippen LogP contribution in [0.5, 0.6) is 0 Å². The molecule has 2 bridgehead atoms. The molecule has 2 aromatic carbocycles. The first-order valence-corrected chi connectivity index (χ1v) is 10.3. The van der Waals surface area contributed by atoms with Crippen molar-refractivity contribution in [2.24, 2.45) is 0 Å². The molecule has 2 aromatic rings. The molecule has 0 spiro atoms. The SMILES string of the molecule is CCN(C(=O)c1ccccc1)C(=O)[C@@H]1CC[C@@H]2CN1C(=O)N2OCc1ccccc1. The van der Waals surface area contributed by atoms with E-state index in [0.29, 0.717) is 31.6 Å². The Balaban J connectivity index is 1.45. The summed E-state index contributed by atoms with van der Waals surface area (Å²) in [7, 11) is 0. The molecule has 0 saturated carbocycles. The molecule has 2 fully saturated rings. The second-order valence-corrected chi connectivity index (χ2v) is 7.52. The van der Waals surface area contributed by atoms with Crippen molar-refractivity contribution >= 4 is 17.8 Å². The number of carbonyl (C=O) groups excluding carboxylic acids is 3. The second kappa shape index (κ2) is 8.67. The van der Waals surface area contributed by atoms with Crippen LogP contribution in [0, 0.1) is 0 Å². The van der Waals surface area contributed by atoms with E-state index in [4.69, 9.17) is 4.84 Å². The molecule has 0 radical (unpaired) electrons. The highest BCUT2D eigenvalue weighted by Crippen LogP contribution is 2.31. The Morgan fingerprint density at radius 3 is 2.37 bits per heavy atom. The highest BCUT2D eigenvalue weighted by atomic mass is 16.7. The highest BCUT2D eigenvalue weighted by molar-refractivity contribution is 6.06. The summed E-state index contributed by atoms with van der Waals surface area (Å²) in [5, 5.41) is 1.40. The minimum Gasteiger partial charge on any atom is -0.309 e. The maximum absolute atomic E-state index is 13.2. The van der Waals surface area contributed by atoms with Gasteiger partial charge in [-0.25, -0.2) is 4.79 Å². The first-order valence-electron chi connectivity index (χ1n) is 10.3. The summed E-state index contributed by atoms with van der Waals surface area (Å²) < 4.78 is 0. The van der Waals surface area contributed by atoms with Gasteiger partial charge in [-0.05, 0) is 37.5 Å². The fourth-order valence-corrected chi connectivity index (χ4v) is 4.09. The first kappa shape index (κ1) is 20.1. The van der Waals surface area contributed by atoms with Crippen LogP contribution in [0.3, 0.4) is 0 Å². The second-order valence-electron chi connectivity index (χ2n) is 7.52. The third kappa shape index (κ3) is 3.80. The van der Waals surface area contributed by atoms with Gasteiger partial charge in [-0.3, -0.25) is 19.3 Å². The molecule has 0 aliphatic carbocycles. The number of hydrogen-bond donors (Lipinski definition) is 0. The largest absolute Gasteiger partial charge is 0.345 e. The molecule has 30 heavy (non-hydrogen) atoms. The molecule has 0 N–H and O–H groups in total. The lowest BCUT2D eigenvalue weighted by atomic mass is 9.99. The third-order valence-electron chi connectivity index (χ3n) is 5.67. The monoisotopic (exact) mass is 407 g/mol. The van der Waals surface area contributed by atoms with E-state index in [-0.39, 0.29) is 30.4 Å². The summed E-state index contributed by atoms with van der Waals surface area (Å²) in [6.07, 6.45) is 1.17. The molecule has 2 aliphatic heterocycles. The van der Waals surface area contributed by atoms with E-state index in [1.54, 1.807) is 36.1 Å². The standard InChI is InChI=1S/C23H25N3O4/c1-2-24(21(27)18-11-7-4-8-12-18)22(28)20-14-13-19-15-25(20)23(29)26(19)30-16-17-9-5-3-6-10-17/h3-12,19-20H,2,13-16H2,1H3/t19-,20+/m1/s1. The summed E-state index contributed by atoms with van der Waals surface area (Å²) in [5.74, 6) is -0.669. The molecule has 7 heteroatoms. The van der Waals surface area contributed by atoms with Crippen LogP contribution >= 0.6 is 0 Å². The number of hydroxylamine groups is 2. The molecule has 2 aliphatic rings. The third-order valence-corrected chi connectivity index (χ3v) is 5.67. The maximum Gasteiger partial charge on any atom is 0.345 e. The fraction of sp³-hybridized carbons (Fsp3) is 0.348. The van der Waals surface area contributed by atoms with Gasteiger partial charge in [0, 0.05) is 18.7 Å². The van der Waals surface area contributed by atoms with Gasteiger partial charge in [-0.2, -0.15) is 5.06 Å². The van der Waals surface area contributed by atoms with Crippen LogP contribution in [0.4, 0.5) is 4.79 Å². The van der Waals surface area contributed by atoms with Gasteiger partial charge in [0.1, 0.15) is 12.6 Å². The van der Waals surface area contributed by atoms with Gasteiger partial charge in [0.25, 0.3) is 11.8 Å². The van der Waals surface area contributed by atoms with Crippen molar-refractivity contribution in [1.29, 1.82) is 0 Å². The maximum atomic E-state index is 13.2. The Hall–Kier alpha value is -3.19. The molecular formula is C23H25N3O4. The van der Waals surface area contributed by atoms with Crippen LogP contribution < -0.4 is 0 Å². The van der Waals surface area contributed by atoms with Crippen LogP contribution in [-0.4, -0.2) is 57.9 Å². The van der Waals surface area contributed by atoms with Crippen molar-refractivity contribution in [2.75, 3.05) is 13.1 Å². The zero-order chi connectivity index (χ0) is 21.1. The quantitative estimate of drug-likeness (QED) is 0.690. The van der Waals surface area contributed by atoms with Gasteiger partial charge >= 0.3 is 6.03 Å². The molecule has 2 saturated heterocycles. The topological polar surface area (TPSA) is 70.2 Å². The zero-order valence-corrected chi connectivity index (χ0v) is 16.9. The van der Waals surface area contributed by atoms with Gasteiger partial charge < -0.3 is 4.90 Å². The van der Waals surface area contributed by atoms with Crippen molar-refractivity contribution in [3.63, 3.8) is 0 Å². The first-order chi connectivity index (χ1) is 14.6. The van der Waals surface area contributed by atoms with Gasteiger partial charge in [0.05, 0.1) is 6.04 Å². The predicted octanol–water partition coefficient (Wildman–Crippen LogP) is 3.08. The average Bonchev–Trinajstić information content (AvgIpc) is 3.03. The van der Waals surface area contributed by atoms with E-state index in [2.05, 4.69) is 0 Å². The number of imide groups is 1. The van der Waals surface area contributed by atoms with Crippen LogP contribution in [0.2, 0.25) is 0 Å². The number of fused-ring (bicyclic) bond motifs is 2. The Kier molecular flexibility index (Phi) is 5.81. The highest BCUT2D eigenvalue weighted by Gasteiger charge is 2.49. The Morgan fingerprint density at radius 2 is 1.70 bits per heavy atom. The number of carbonyl (C=O) groups is 3. The van der Waals surface area contributed by atoms with Crippen molar-refractivity contribution in [2.45, 2.75) is 38.5 Å².